The van der Waals surface area contributed by atoms with E-state index < -0.39 is 144 Å². The summed E-state index contributed by atoms with van der Waals surface area (Å²) in [6.45, 7) is 8.09. The van der Waals surface area contributed by atoms with E-state index in [2.05, 4.69) is 42.2 Å². The summed E-state index contributed by atoms with van der Waals surface area (Å²) in [4.78, 5) is 130. The first-order valence-corrected chi connectivity index (χ1v) is 31.1. The van der Waals surface area contributed by atoms with Gasteiger partial charge in [-0.2, -0.15) is 38.1 Å². The van der Waals surface area contributed by atoms with E-state index in [0.29, 0.717) is 51.9 Å². The average molecular weight is 1310 g/mol. The predicted molar refractivity (Wildman–Crippen MR) is 329 cm³/mol. The quantitative estimate of drug-likeness (QED) is 0.0182. The second-order valence-corrected chi connectivity index (χ2v) is 24.7. The lowest BCUT2D eigenvalue weighted by Gasteiger charge is -2.31. The number of para-hydroxylation sites is 1. The third-order valence-electron chi connectivity index (χ3n) is 14.6. The molecule has 9 N–H and O–H groups in total. The van der Waals surface area contributed by atoms with E-state index in [0.717, 1.165) is 0 Å². The lowest BCUT2D eigenvalue weighted by atomic mass is 10.0. The van der Waals surface area contributed by atoms with E-state index >= 15 is 0 Å². The lowest BCUT2D eigenvalue weighted by Crippen LogP contribution is -2.59. The van der Waals surface area contributed by atoms with E-state index in [1.54, 1.807) is 114 Å². The molecule has 21 nitrogen and oxygen atoms in total. The maximum absolute atomic E-state index is 14.7. The van der Waals surface area contributed by atoms with Crippen molar-refractivity contribution in [2.45, 2.75) is 153 Å². The van der Waals surface area contributed by atoms with E-state index in [1.165, 1.54) is 35.7 Å². The molecular formula is C64H77F6N9O12S. The van der Waals surface area contributed by atoms with Crippen molar-refractivity contribution in [3.05, 3.63) is 137 Å². The normalized spacial score (nSPS) is 15.4. The SMILES string of the molecule is CSCC[C@H](NC(=O)[C@H](Cc1ccccc1)NC(=O)CNC(=O)[C@@H](C)NC(=O)[C@H](Cc1ccc(O)cc1)NC(=O)OC(C)(C)C)C(=O)N1CCC[C@H]1C(=O)N[C@@H](CC(C)C)C(=O)N[C@@H](Cc1c[nH]c2ccccc12)C(=O)OCc1cc(C(F)(F)F)cc(C(F)(F)F)c1. The van der Waals surface area contributed by atoms with Crippen LogP contribution in [0.25, 0.3) is 10.9 Å². The molecule has 0 saturated carbocycles. The van der Waals surface area contributed by atoms with Gasteiger partial charge in [-0.15, -0.1) is 0 Å². The Morgan fingerprint density at radius 1 is 0.663 bits per heavy atom. The number of aromatic hydroxyl groups is 1. The van der Waals surface area contributed by atoms with E-state index in [-0.39, 0.29) is 62.8 Å². The largest absolute Gasteiger partial charge is 0.508 e. The molecule has 0 aliphatic carbocycles. The number of phenols is 1. The Morgan fingerprint density at radius 2 is 1.25 bits per heavy atom. The molecule has 1 saturated heterocycles. The fraction of sp³-hybridized carbons (Fsp3) is 0.453. The fourth-order valence-corrected chi connectivity index (χ4v) is 10.6. The van der Waals surface area contributed by atoms with Gasteiger partial charge in [0.1, 0.15) is 60.3 Å². The van der Waals surface area contributed by atoms with E-state index in [9.17, 15) is 74.6 Å². The molecule has 8 amide bonds. The van der Waals surface area contributed by atoms with Crippen LogP contribution in [0.15, 0.2) is 103 Å². The Bertz CT molecular complexity index is 3370. The number of ether oxygens (including phenoxy) is 2. The number of likely N-dealkylation sites (tertiary alicyclic amines) is 1. The molecule has 1 fully saturated rings. The van der Waals surface area contributed by atoms with Crippen LogP contribution in [-0.4, -0.2) is 141 Å². The van der Waals surface area contributed by atoms with Gasteiger partial charge in [0.15, 0.2) is 0 Å². The third kappa shape index (κ3) is 22.0. The topological polar surface area (TPSA) is 296 Å². The average Bonchev–Trinajstić information content (AvgIpc) is 1.37. The van der Waals surface area contributed by atoms with Crippen LogP contribution in [0.2, 0.25) is 0 Å². The van der Waals surface area contributed by atoms with E-state index in [4.69, 9.17) is 9.47 Å². The predicted octanol–water partition coefficient (Wildman–Crippen LogP) is 6.93. The first-order chi connectivity index (χ1) is 43.3. The number of H-pyrrole nitrogens is 1. The molecule has 1 aromatic heterocycles. The molecular weight excluding hydrogens is 1230 g/mol. The van der Waals surface area contributed by atoms with Crippen LogP contribution in [0, 0.1) is 5.92 Å². The van der Waals surface area contributed by atoms with Gasteiger partial charge in [0.2, 0.25) is 41.4 Å². The number of phenolic OH excluding ortho intramolecular Hbond substituents is 1. The van der Waals surface area contributed by atoms with Crippen molar-refractivity contribution in [3.63, 3.8) is 0 Å². The number of aromatic nitrogens is 1. The maximum atomic E-state index is 14.7. The summed E-state index contributed by atoms with van der Waals surface area (Å²) < 4.78 is 93.2. The summed E-state index contributed by atoms with van der Waals surface area (Å²) in [6, 6.07) is 12.9. The second-order valence-electron chi connectivity index (χ2n) is 23.7. The van der Waals surface area contributed by atoms with Crippen LogP contribution in [0.4, 0.5) is 31.1 Å². The number of alkyl carbamates (subject to hydrolysis) is 1. The smallest absolute Gasteiger partial charge is 0.416 e. The number of amides is 8. The number of fused-ring (bicyclic) bond motifs is 1. The summed E-state index contributed by atoms with van der Waals surface area (Å²) in [5.74, 6) is -6.69. The number of rotatable bonds is 28. The Kier molecular flexibility index (Phi) is 25.5. The van der Waals surface area contributed by atoms with Gasteiger partial charge >= 0.3 is 24.4 Å². The second kappa shape index (κ2) is 32.5. The van der Waals surface area contributed by atoms with Crippen molar-refractivity contribution < 1.29 is 84.1 Å². The summed E-state index contributed by atoms with van der Waals surface area (Å²) in [6.07, 6.45) is -7.85. The molecule has 28 heteroatoms. The van der Waals surface area contributed by atoms with Crippen LogP contribution in [0.3, 0.4) is 0 Å². The molecule has 0 spiro atoms. The van der Waals surface area contributed by atoms with Crippen molar-refractivity contribution in [2.24, 2.45) is 5.92 Å². The minimum absolute atomic E-state index is 0.0176. The summed E-state index contributed by atoms with van der Waals surface area (Å²) in [5.41, 5.74) is -2.50. The molecule has 4 aromatic carbocycles. The highest BCUT2D eigenvalue weighted by Gasteiger charge is 2.41. The Hall–Kier alpha value is -8.82. The van der Waals surface area contributed by atoms with Gasteiger partial charge < -0.3 is 61.7 Å². The number of thioether (sulfide) groups is 1. The van der Waals surface area contributed by atoms with Crippen molar-refractivity contribution in [1.29, 1.82) is 0 Å². The van der Waals surface area contributed by atoms with Gasteiger partial charge in [-0.05, 0) is 130 Å². The fourth-order valence-electron chi connectivity index (χ4n) is 10.1. The highest BCUT2D eigenvalue weighted by Crippen LogP contribution is 2.37. The van der Waals surface area contributed by atoms with Crippen molar-refractivity contribution in [1.82, 2.24) is 47.1 Å². The van der Waals surface area contributed by atoms with Crippen molar-refractivity contribution >= 4 is 76.1 Å². The van der Waals surface area contributed by atoms with Gasteiger partial charge in [-0.3, -0.25) is 33.6 Å². The Morgan fingerprint density at radius 3 is 1.87 bits per heavy atom. The van der Waals surface area contributed by atoms with Crippen molar-refractivity contribution in [2.75, 3.05) is 25.1 Å². The molecule has 6 rings (SSSR count). The standard InChI is InChI=1S/C64H77F6N9O12S/c1-36(2)26-48(56(84)77-51(31-41-33-71-46-17-12-11-16-45(41)46)60(88)90-35-40-27-42(63(65,66)67)32-43(28-40)64(68,69)70)76-58(86)52-18-13-24-79(52)59(87)47(23-25-92-7)75-57(85)49(29-38-14-9-8-10-15-38)74-53(81)34-72-54(82)37(3)73-55(83)50(78-61(89)91-62(4,5)6)30-39-19-21-44(80)22-20-39/h8-12,14-17,19-22,27-28,32-33,36-37,47-52,71,80H,13,18,23-26,29-31,34-35H2,1-7H3,(H,72,82)(H,73,83)(H,74,81)(H,75,85)(H,76,86)(H,77,84)(H,78,89)/t37-,47+,48+,49+,50+,51+,52+/m1/s1. The molecule has 0 radical (unpaired) electrons. The zero-order chi connectivity index (χ0) is 67.7. The molecule has 5 aromatic rings. The lowest BCUT2D eigenvalue weighted by molar-refractivity contribution is -0.149. The molecule has 0 bridgehead atoms. The highest BCUT2D eigenvalue weighted by molar-refractivity contribution is 7.98. The first-order valence-electron chi connectivity index (χ1n) is 29.7. The zero-order valence-electron chi connectivity index (χ0n) is 51.8. The number of carbonyl (C=O) groups excluding carboxylic acids is 9. The minimum Gasteiger partial charge on any atom is -0.508 e. The number of hydrogen-bond donors (Lipinski definition) is 9. The Balaban J connectivity index is 1.14. The number of hydrogen-bond acceptors (Lipinski definition) is 13. The van der Waals surface area contributed by atoms with Crippen LogP contribution in [0.5, 0.6) is 5.75 Å². The van der Waals surface area contributed by atoms with Gasteiger partial charge in [0.05, 0.1) is 17.7 Å². The van der Waals surface area contributed by atoms with Crippen LogP contribution in [-0.2, 0) is 86.1 Å². The maximum Gasteiger partial charge on any atom is 0.416 e. The minimum atomic E-state index is -5.18. The molecule has 0 unspecified atom stereocenters. The first kappa shape index (κ1) is 72.2. The van der Waals surface area contributed by atoms with E-state index in [1.807, 2.05) is 0 Å². The molecule has 2 heterocycles. The number of benzene rings is 4. The summed E-state index contributed by atoms with van der Waals surface area (Å²) in [7, 11) is 0. The van der Waals surface area contributed by atoms with Crippen LogP contribution < -0.4 is 37.2 Å². The molecule has 1 aliphatic rings. The van der Waals surface area contributed by atoms with Gasteiger partial charge in [0, 0.05) is 42.9 Å². The van der Waals surface area contributed by atoms with Crippen LogP contribution in [0.1, 0.15) is 101 Å². The summed E-state index contributed by atoms with van der Waals surface area (Å²) in [5, 5.41) is 28.6. The Labute approximate surface area is 532 Å². The van der Waals surface area contributed by atoms with Gasteiger partial charge in [-0.1, -0.05) is 74.5 Å². The number of esters is 1. The number of nitrogens with zero attached hydrogens (tertiary/aromatic N) is 1. The summed E-state index contributed by atoms with van der Waals surface area (Å²) >= 11 is 1.37. The van der Waals surface area contributed by atoms with Crippen LogP contribution >= 0.6 is 11.8 Å². The molecule has 1 aliphatic heterocycles. The highest BCUT2D eigenvalue weighted by atomic mass is 32.2. The molecule has 498 valence electrons. The number of nitrogens with one attached hydrogen (secondary N) is 8. The number of aromatic amines is 1. The third-order valence-corrected chi connectivity index (χ3v) is 15.3. The zero-order valence-corrected chi connectivity index (χ0v) is 52.6. The van der Waals surface area contributed by atoms with Gasteiger partial charge in [-0.25, -0.2) is 9.59 Å². The number of alkyl halides is 6. The monoisotopic (exact) mass is 1310 g/mol. The van der Waals surface area contributed by atoms with Gasteiger partial charge in [0.25, 0.3) is 0 Å². The van der Waals surface area contributed by atoms with Crippen molar-refractivity contribution in [3.8, 4) is 5.75 Å². The molecule has 7 atom stereocenters. The molecule has 92 heavy (non-hydrogen) atoms. The number of carbonyl (C=O) groups is 9. The number of halogens is 6.